The molecule has 0 aromatic heterocycles. The number of rotatable bonds is 1. The molecule has 0 saturated carbocycles. The largest absolute Gasteiger partial charge is 3.00 e. The van der Waals surface area contributed by atoms with Crippen molar-refractivity contribution in [3.05, 3.63) is 35.9 Å². The zero-order valence-electron chi connectivity index (χ0n) is 8.23. The normalized spacial score (nSPS) is 7.29. The molecule has 0 amide bonds. The van der Waals surface area contributed by atoms with Crippen LogP contribution in [0.1, 0.15) is 10.4 Å². The Labute approximate surface area is 135 Å². The molecule has 0 saturated heterocycles. The maximum absolute atomic E-state index is 10.1. The standard InChI is InChI=1S/C7H6O2.C2H2O4.2Bi/c8-7(9)6-4-2-1-3-5-6;3-1(4)2(5)6;;/h1-5H,(H,8,9);(H,3,4)(H,5,6);;/q;;2*+3/p-3. The number of benzene rings is 1. The van der Waals surface area contributed by atoms with Crippen molar-refractivity contribution in [3.8, 4) is 0 Å². The van der Waals surface area contributed by atoms with Crippen LogP contribution in [0.3, 0.4) is 0 Å². The van der Waals surface area contributed by atoms with E-state index in [1.54, 1.807) is 18.2 Å². The minimum Gasteiger partial charge on any atom is -0.545 e. The summed E-state index contributed by atoms with van der Waals surface area (Å²) in [4.78, 5) is 27.9. The SMILES string of the molecule is O=C([O-])C(=O)[O-].O=C([O-])c1ccccc1.[Bi+3].[Bi+3]. The van der Waals surface area contributed by atoms with Crippen LogP contribution in [-0.2, 0) is 9.59 Å². The van der Waals surface area contributed by atoms with E-state index in [-0.39, 0.29) is 58.0 Å². The van der Waals surface area contributed by atoms with Crippen LogP contribution in [0.2, 0.25) is 0 Å². The van der Waals surface area contributed by atoms with Crippen LogP contribution in [0.4, 0.5) is 0 Å². The third kappa shape index (κ3) is 11.7. The van der Waals surface area contributed by atoms with E-state index in [0.29, 0.717) is 0 Å². The molecule has 17 heavy (non-hydrogen) atoms. The second-order valence-corrected chi connectivity index (χ2v) is 2.23. The van der Waals surface area contributed by atoms with E-state index < -0.39 is 17.9 Å². The number of aromatic carboxylic acids is 1. The van der Waals surface area contributed by atoms with E-state index in [0.717, 1.165) is 0 Å². The van der Waals surface area contributed by atoms with Crippen LogP contribution in [0.5, 0.6) is 0 Å². The van der Waals surface area contributed by atoms with Crippen LogP contribution in [-0.4, -0.2) is 70.3 Å². The molecule has 0 unspecified atom stereocenters. The molecule has 0 heterocycles. The molecule has 0 aliphatic rings. The Balaban J connectivity index is -0.000000221. The maximum atomic E-state index is 10.1. The number of carboxylic acids is 3. The van der Waals surface area contributed by atoms with Gasteiger partial charge in [0.05, 0.1) is 17.9 Å². The molecule has 84 valence electrons. The zero-order chi connectivity index (χ0) is 11.8. The van der Waals surface area contributed by atoms with Crippen molar-refractivity contribution >= 4 is 70.3 Å². The van der Waals surface area contributed by atoms with Gasteiger partial charge in [0, 0.05) is 0 Å². The number of aliphatic carboxylic acids is 2. The molecule has 0 spiro atoms. The Hall–Kier alpha value is -0.604. The average molecular weight is 627 g/mol. The van der Waals surface area contributed by atoms with Gasteiger partial charge >= 0.3 is 52.4 Å². The second kappa shape index (κ2) is 11.9. The minimum absolute atomic E-state index is 0. The molecule has 1 rings (SSSR count). The Morgan fingerprint density at radius 3 is 1.29 bits per heavy atom. The van der Waals surface area contributed by atoms with E-state index in [9.17, 15) is 9.90 Å². The van der Waals surface area contributed by atoms with Gasteiger partial charge in [-0.3, -0.25) is 0 Å². The Morgan fingerprint density at radius 1 is 0.765 bits per heavy atom. The van der Waals surface area contributed by atoms with Crippen molar-refractivity contribution < 1.29 is 29.7 Å². The number of carboxylic acid groups (broad SMARTS) is 3. The van der Waals surface area contributed by atoms with E-state index >= 15 is 0 Å². The third-order valence-electron chi connectivity index (χ3n) is 1.18. The maximum Gasteiger partial charge on any atom is 3.00 e. The van der Waals surface area contributed by atoms with Crippen LogP contribution < -0.4 is 15.3 Å². The average Bonchev–Trinajstić information content (AvgIpc) is 2.20. The van der Waals surface area contributed by atoms with E-state index in [1.165, 1.54) is 12.1 Å². The molecule has 1 aromatic rings. The Kier molecular flexibility index (Phi) is 15.1. The minimum atomic E-state index is -2.19. The van der Waals surface area contributed by atoms with Crippen molar-refractivity contribution in [1.82, 2.24) is 0 Å². The molecule has 6 nitrogen and oxygen atoms in total. The van der Waals surface area contributed by atoms with E-state index in [1.807, 2.05) is 0 Å². The molecule has 0 aliphatic carbocycles. The van der Waals surface area contributed by atoms with Gasteiger partial charge in [-0.25, -0.2) is 0 Å². The number of hydrogen-bond donors (Lipinski definition) is 0. The third-order valence-corrected chi connectivity index (χ3v) is 1.18. The van der Waals surface area contributed by atoms with Gasteiger partial charge in [0.1, 0.15) is 0 Å². The van der Waals surface area contributed by atoms with Crippen LogP contribution in [0.25, 0.3) is 0 Å². The molecule has 0 fully saturated rings. The molecular weight excluding hydrogens is 622 g/mol. The molecule has 0 N–H and O–H groups in total. The molecule has 4 radical (unpaired) electrons. The topological polar surface area (TPSA) is 120 Å². The molecule has 0 atom stereocenters. The van der Waals surface area contributed by atoms with Gasteiger partial charge in [0.25, 0.3) is 0 Å². The van der Waals surface area contributed by atoms with Crippen LogP contribution in [0, 0.1) is 0 Å². The molecule has 8 heteroatoms. The number of carbonyl (C=O) groups is 3. The predicted molar refractivity (Wildman–Crippen MR) is 52.3 cm³/mol. The smallest absolute Gasteiger partial charge is 0.545 e. The van der Waals surface area contributed by atoms with Gasteiger partial charge in [0.2, 0.25) is 0 Å². The molecule has 0 aliphatic heterocycles. The predicted octanol–water partition coefficient (Wildman–Crippen LogP) is -4.23. The first-order valence-electron chi connectivity index (χ1n) is 3.64. The van der Waals surface area contributed by atoms with Crippen molar-refractivity contribution in [3.63, 3.8) is 0 Å². The fraction of sp³-hybridized carbons (Fsp3) is 0. The van der Waals surface area contributed by atoms with Crippen molar-refractivity contribution in [1.29, 1.82) is 0 Å². The van der Waals surface area contributed by atoms with Crippen LogP contribution >= 0.6 is 0 Å². The monoisotopic (exact) mass is 627 g/mol. The summed E-state index contributed by atoms with van der Waals surface area (Å²) in [6.45, 7) is 0. The van der Waals surface area contributed by atoms with Crippen molar-refractivity contribution in [2.45, 2.75) is 0 Å². The summed E-state index contributed by atoms with van der Waals surface area (Å²) in [5.41, 5.74) is 0.220. The van der Waals surface area contributed by atoms with Gasteiger partial charge in [-0.15, -0.1) is 0 Å². The van der Waals surface area contributed by atoms with Crippen molar-refractivity contribution in [2.24, 2.45) is 0 Å². The summed E-state index contributed by atoms with van der Waals surface area (Å²) in [7, 11) is 0. The summed E-state index contributed by atoms with van der Waals surface area (Å²) < 4.78 is 0. The van der Waals surface area contributed by atoms with Crippen molar-refractivity contribution in [2.75, 3.05) is 0 Å². The fourth-order valence-electron chi connectivity index (χ4n) is 0.574. The summed E-state index contributed by atoms with van der Waals surface area (Å²) in [6.07, 6.45) is 0. The quantitative estimate of drug-likeness (QED) is 0.230. The summed E-state index contributed by atoms with van der Waals surface area (Å²) in [6, 6.07) is 8.06. The first kappa shape index (κ1) is 21.7. The first-order valence-corrected chi connectivity index (χ1v) is 3.64. The Bertz CT molecular complexity index is 353. The van der Waals surface area contributed by atoms with Gasteiger partial charge in [0.15, 0.2) is 0 Å². The zero-order valence-corrected chi connectivity index (χ0v) is 15.2. The van der Waals surface area contributed by atoms with Gasteiger partial charge in [-0.05, 0) is 5.56 Å². The second-order valence-electron chi connectivity index (χ2n) is 2.23. The summed E-state index contributed by atoms with van der Waals surface area (Å²) >= 11 is 0. The van der Waals surface area contributed by atoms with E-state index in [4.69, 9.17) is 19.8 Å². The first-order chi connectivity index (χ1) is 6.95. The number of carbonyl (C=O) groups excluding carboxylic acids is 3. The molecular formula is C9H5Bi2O6+3. The summed E-state index contributed by atoms with van der Waals surface area (Å²) in [5.74, 6) is -5.50. The molecule has 0 bridgehead atoms. The van der Waals surface area contributed by atoms with Crippen LogP contribution in [0.15, 0.2) is 30.3 Å². The van der Waals surface area contributed by atoms with Gasteiger partial charge in [-0.1, -0.05) is 30.3 Å². The Morgan fingerprint density at radius 2 is 1.12 bits per heavy atom. The number of hydrogen-bond acceptors (Lipinski definition) is 6. The van der Waals surface area contributed by atoms with Gasteiger partial charge < -0.3 is 29.7 Å². The van der Waals surface area contributed by atoms with E-state index in [2.05, 4.69) is 0 Å². The summed E-state index contributed by atoms with van der Waals surface area (Å²) in [5, 5.41) is 27.9. The van der Waals surface area contributed by atoms with Gasteiger partial charge in [-0.2, -0.15) is 0 Å². The fourth-order valence-corrected chi connectivity index (χ4v) is 0.574. The molecule has 1 aromatic carbocycles.